The molecule has 2 aromatic rings. The van der Waals surface area contributed by atoms with Gasteiger partial charge in [0.2, 0.25) is 0 Å². The highest BCUT2D eigenvalue weighted by molar-refractivity contribution is 9.10. The predicted molar refractivity (Wildman–Crippen MR) is 80.7 cm³/mol. The maximum absolute atomic E-state index is 6.21. The normalized spacial score (nSPS) is 12.4. The van der Waals surface area contributed by atoms with E-state index in [1.165, 1.54) is 11.3 Å². The molecule has 5 heteroatoms. The first-order valence-corrected chi connectivity index (χ1v) is 7.42. The lowest BCUT2D eigenvalue weighted by molar-refractivity contribution is 0.408. The number of thiophene rings is 1. The Morgan fingerprint density at radius 1 is 1.44 bits per heavy atom. The summed E-state index contributed by atoms with van der Waals surface area (Å²) in [6.07, 6.45) is 0.729. The Morgan fingerprint density at radius 3 is 2.78 bits per heavy atom. The van der Waals surface area contributed by atoms with E-state index in [1.807, 2.05) is 30.3 Å². The van der Waals surface area contributed by atoms with Crippen LogP contribution in [0.1, 0.15) is 16.5 Å². The van der Waals surface area contributed by atoms with Crippen LogP contribution >= 0.6 is 38.9 Å². The van der Waals surface area contributed by atoms with Gasteiger partial charge in [0.1, 0.15) is 10.1 Å². The maximum Gasteiger partial charge on any atom is 0.122 e. The Hall–Kier alpha value is -0.550. The SMILES string of the molecule is COc1ccccc1CC(N)c1cc(Br)c(Cl)s1. The second kappa shape index (κ2) is 6.06. The van der Waals surface area contributed by atoms with Crippen LogP contribution < -0.4 is 10.5 Å². The second-order valence-corrected chi connectivity index (χ2v) is 6.43. The molecule has 0 fully saturated rings. The van der Waals surface area contributed by atoms with E-state index in [4.69, 9.17) is 22.1 Å². The Labute approximate surface area is 124 Å². The fraction of sp³-hybridized carbons (Fsp3) is 0.231. The van der Waals surface area contributed by atoms with Crippen LogP contribution in [0.2, 0.25) is 4.34 Å². The van der Waals surface area contributed by atoms with Gasteiger partial charge in [0, 0.05) is 15.4 Å². The van der Waals surface area contributed by atoms with Gasteiger partial charge in [0.15, 0.2) is 0 Å². The van der Waals surface area contributed by atoms with Gasteiger partial charge in [-0.3, -0.25) is 0 Å². The van der Waals surface area contributed by atoms with Crippen LogP contribution in [0.15, 0.2) is 34.8 Å². The van der Waals surface area contributed by atoms with E-state index in [2.05, 4.69) is 15.9 Å². The molecule has 1 heterocycles. The van der Waals surface area contributed by atoms with Crippen LogP contribution in [-0.4, -0.2) is 7.11 Å². The second-order valence-electron chi connectivity index (χ2n) is 3.89. The van der Waals surface area contributed by atoms with Crippen molar-refractivity contribution in [2.24, 2.45) is 5.73 Å². The maximum atomic E-state index is 6.21. The van der Waals surface area contributed by atoms with Crippen molar-refractivity contribution in [1.82, 2.24) is 0 Å². The zero-order valence-electron chi connectivity index (χ0n) is 9.82. The topological polar surface area (TPSA) is 35.2 Å². The summed E-state index contributed by atoms with van der Waals surface area (Å²) in [6.45, 7) is 0. The highest BCUT2D eigenvalue weighted by Crippen LogP contribution is 2.36. The molecule has 18 heavy (non-hydrogen) atoms. The molecule has 0 spiro atoms. The molecule has 0 aliphatic rings. The minimum atomic E-state index is -0.0740. The molecule has 1 aromatic carbocycles. The van der Waals surface area contributed by atoms with Gasteiger partial charge in [0.05, 0.1) is 7.11 Å². The molecule has 1 atom stereocenters. The highest BCUT2D eigenvalue weighted by Gasteiger charge is 2.14. The van der Waals surface area contributed by atoms with Crippen molar-refractivity contribution in [1.29, 1.82) is 0 Å². The van der Waals surface area contributed by atoms with Crippen LogP contribution in [0.25, 0.3) is 0 Å². The third-order valence-electron chi connectivity index (χ3n) is 2.66. The van der Waals surface area contributed by atoms with Crippen molar-refractivity contribution < 1.29 is 4.74 Å². The molecule has 0 bridgehead atoms. The molecule has 1 aromatic heterocycles. The summed E-state index contributed by atoms with van der Waals surface area (Å²) in [5.41, 5.74) is 7.31. The molecular weight excluding hydrogens is 334 g/mol. The molecule has 96 valence electrons. The molecule has 2 rings (SSSR count). The van der Waals surface area contributed by atoms with Gasteiger partial charge in [-0.05, 0) is 40.0 Å². The molecular formula is C13H13BrClNOS. The van der Waals surface area contributed by atoms with Gasteiger partial charge in [-0.2, -0.15) is 0 Å². The van der Waals surface area contributed by atoms with Crippen molar-refractivity contribution in [2.45, 2.75) is 12.5 Å². The fourth-order valence-electron chi connectivity index (χ4n) is 1.76. The molecule has 0 saturated heterocycles. The van der Waals surface area contributed by atoms with Crippen molar-refractivity contribution in [3.8, 4) is 5.75 Å². The largest absolute Gasteiger partial charge is 0.496 e. The first-order valence-electron chi connectivity index (χ1n) is 5.44. The van der Waals surface area contributed by atoms with Gasteiger partial charge in [-0.1, -0.05) is 29.8 Å². The van der Waals surface area contributed by atoms with Gasteiger partial charge in [-0.25, -0.2) is 0 Å². The summed E-state index contributed by atoms with van der Waals surface area (Å²) < 4.78 is 6.96. The van der Waals surface area contributed by atoms with E-state index in [9.17, 15) is 0 Å². The molecule has 1 unspecified atom stereocenters. The molecule has 0 saturated carbocycles. The number of para-hydroxylation sites is 1. The summed E-state index contributed by atoms with van der Waals surface area (Å²) in [7, 11) is 1.67. The smallest absolute Gasteiger partial charge is 0.122 e. The van der Waals surface area contributed by atoms with Crippen molar-refractivity contribution in [3.05, 3.63) is 49.6 Å². The fourth-order valence-corrected chi connectivity index (χ4v) is 3.49. The van der Waals surface area contributed by atoms with Crippen LogP contribution in [-0.2, 0) is 6.42 Å². The minimum absolute atomic E-state index is 0.0740. The van der Waals surface area contributed by atoms with Crippen LogP contribution in [0.5, 0.6) is 5.75 Å². The summed E-state index contributed by atoms with van der Waals surface area (Å²) in [4.78, 5) is 1.07. The Balaban J connectivity index is 2.18. The van der Waals surface area contributed by atoms with Crippen molar-refractivity contribution >= 4 is 38.9 Å². The van der Waals surface area contributed by atoms with Crippen molar-refractivity contribution in [2.75, 3.05) is 7.11 Å². The number of ether oxygens (including phenoxy) is 1. The van der Waals surface area contributed by atoms with E-state index in [0.717, 1.165) is 31.4 Å². The van der Waals surface area contributed by atoms with Crippen molar-refractivity contribution in [3.63, 3.8) is 0 Å². The lowest BCUT2D eigenvalue weighted by Crippen LogP contribution is -2.12. The Morgan fingerprint density at radius 2 is 2.17 bits per heavy atom. The lowest BCUT2D eigenvalue weighted by Gasteiger charge is -2.12. The average molecular weight is 347 g/mol. The molecule has 2 nitrogen and oxygen atoms in total. The number of hydrogen-bond acceptors (Lipinski definition) is 3. The molecule has 0 amide bonds. The standard InChI is InChI=1S/C13H13BrClNOS/c1-17-11-5-3-2-4-8(11)6-10(16)12-7-9(14)13(15)18-12/h2-5,7,10H,6,16H2,1H3. The lowest BCUT2D eigenvalue weighted by atomic mass is 10.0. The third kappa shape index (κ3) is 3.06. The molecule has 0 radical (unpaired) electrons. The summed E-state index contributed by atoms with van der Waals surface area (Å²) in [5, 5.41) is 0. The van der Waals surface area contributed by atoms with E-state index in [0.29, 0.717) is 0 Å². The monoisotopic (exact) mass is 345 g/mol. The number of hydrogen-bond donors (Lipinski definition) is 1. The highest BCUT2D eigenvalue weighted by atomic mass is 79.9. The number of benzene rings is 1. The number of halogens is 2. The Kier molecular flexibility index (Phi) is 4.67. The number of methoxy groups -OCH3 is 1. The molecule has 0 aliphatic carbocycles. The van der Waals surface area contributed by atoms with Crippen LogP contribution in [0.3, 0.4) is 0 Å². The van der Waals surface area contributed by atoms with E-state index < -0.39 is 0 Å². The Bertz CT molecular complexity index is 524. The number of rotatable bonds is 4. The zero-order chi connectivity index (χ0) is 13.1. The zero-order valence-corrected chi connectivity index (χ0v) is 13.0. The quantitative estimate of drug-likeness (QED) is 0.889. The van der Waals surface area contributed by atoms with Crippen LogP contribution in [0, 0.1) is 0 Å². The molecule has 2 N–H and O–H groups in total. The van der Waals surface area contributed by atoms with Gasteiger partial charge in [-0.15, -0.1) is 11.3 Å². The average Bonchev–Trinajstić information content (AvgIpc) is 2.70. The molecule has 0 aliphatic heterocycles. The number of nitrogens with two attached hydrogens (primary N) is 1. The first-order chi connectivity index (χ1) is 8.61. The third-order valence-corrected chi connectivity index (χ3v) is 5.27. The predicted octanol–water partition coefficient (Wildman–Crippen LogP) is 4.42. The summed E-state index contributed by atoms with van der Waals surface area (Å²) >= 11 is 10.9. The van der Waals surface area contributed by atoms with E-state index >= 15 is 0 Å². The van der Waals surface area contributed by atoms with Gasteiger partial charge >= 0.3 is 0 Å². The summed E-state index contributed by atoms with van der Waals surface area (Å²) in [6, 6.07) is 9.82. The van der Waals surface area contributed by atoms with E-state index in [-0.39, 0.29) is 6.04 Å². The minimum Gasteiger partial charge on any atom is -0.496 e. The van der Waals surface area contributed by atoms with E-state index in [1.54, 1.807) is 7.11 Å². The van der Waals surface area contributed by atoms with Crippen LogP contribution in [0.4, 0.5) is 0 Å². The van der Waals surface area contributed by atoms with Gasteiger partial charge in [0.25, 0.3) is 0 Å². The summed E-state index contributed by atoms with van der Waals surface area (Å²) in [5.74, 6) is 0.870. The first kappa shape index (κ1) is 13.9. The van der Waals surface area contributed by atoms with Gasteiger partial charge < -0.3 is 10.5 Å².